The number of nitrogens with zero attached hydrogens (tertiary/aromatic N) is 1. The maximum absolute atomic E-state index is 9.31. The molecule has 2 nitrogen and oxygen atoms in total. The van der Waals surface area contributed by atoms with Crippen LogP contribution in [0.2, 0.25) is 0 Å². The molecule has 1 aromatic rings. The van der Waals surface area contributed by atoms with Crippen molar-refractivity contribution in [2.75, 3.05) is 5.88 Å². The number of rotatable bonds is 2. The third-order valence-corrected chi connectivity index (χ3v) is 1.84. The average molecular weight is 182 g/mol. The van der Waals surface area contributed by atoms with E-state index in [1.807, 2.05) is 6.07 Å². The fourth-order valence-electron chi connectivity index (χ4n) is 0.905. The first kappa shape index (κ1) is 9.05. The molecule has 0 amide bonds. The van der Waals surface area contributed by atoms with Crippen LogP contribution in [-0.2, 0) is 0 Å². The summed E-state index contributed by atoms with van der Waals surface area (Å²) in [4.78, 5) is 0. The Morgan fingerprint density at radius 2 is 2.33 bits per heavy atom. The van der Waals surface area contributed by atoms with Gasteiger partial charge in [0.25, 0.3) is 0 Å². The first-order chi connectivity index (χ1) is 5.77. The minimum Gasteiger partial charge on any atom is -0.387 e. The van der Waals surface area contributed by atoms with E-state index in [0.29, 0.717) is 11.1 Å². The monoisotopic (exact) mass is 181 g/mol. The van der Waals surface area contributed by atoms with Crippen LogP contribution in [0.5, 0.6) is 0 Å². The molecule has 62 valence electrons. The van der Waals surface area contributed by atoms with Gasteiger partial charge in [-0.3, -0.25) is 0 Å². The fraction of sp³-hybridized carbons (Fsp3) is 0.222. The maximum atomic E-state index is 9.31. The van der Waals surface area contributed by atoms with Crippen LogP contribution in [0.3, 0.4) is 0 Å². The van der Waals surface area contributed by atoms with Crippen molar-refractivity contribution in [3.63, 3.8) is 0 Å². The quantitative estimate of drug-likeness (QED) is 0.708. The summed E-state index contributed by atoms with van der Waals surface area (Å²) < 4.78 is 0. The number of aliphatic hydroxyl groups excluding tert-OH is 1. The van der Waals surface area contributed by atoms with Crippen LogP contribution in [0.1, 0.15) is 17.2 Å². The zero-order valence-electron chi connectivity index (χ0n) is 6.37. The second-order valence-corrected chi connectivity index (χ2v) is 2.72. The number of hydrogen-bond donors (Lipinski definition) is 1. The van der Waals surface area contributed by atoms with E-state index in [-0.39, 0.29) is 5.88 Å². The zero-order chi connectivity index (χ0) is 8.97. The summed E-state index contributed by atoms with van der Waals surface area (Å²) in [5.74, 6) is 0.148. The molecule has 12 heavy (non-hydrogen) atoms. The van der Waals surface area contributed by atoms with Crippen LogP contribution in [0.4, 0.5) is 0 Å². The summed E-state index contributed by atoms with van der Waals surface area (Å²) >= 11 is 5.45. The van der Waals surface area contributed by atoms with Crippen molar-refractivity contribution in [2.45, 2.75) is 6.10 Å². The molecule has 0 radical (unpaired) electrons. The van der Waals surface area contributed by atoms with Crippen LogP contribution >= 0.6 is 11.6 Å². The van der Waals surface area contributed by atoms with Crippen molar-refractivity contribution in [3.05, 3.63) is 35.4 Å². The molecular formula is C9H8ClNO. The molecule has 1 atom stereocenters. The van der Waals surface area contributed by atoms with Crippen LogP contribution in [-0.4, -0.2) is 11.0 Å². The zero-order valence-corrected chi connectivity index (χ0v) is 7.12. The molecule has 0 bridgehead atoms. The van der Waals surface area contributed by atoms with Gasteiger partial charge in [-0.15, -0.1) is 11.6 Å². The molecule has 0 unspecified atom stereocenters. The van der Waals surface area contributed by atoms with E-state index in [1.165, 1.54) is 0 Å². The first-order valence-electron chi connectivity index (χ1n) is 3.52. The summed E-state index contributed by atoms with van der Waals surface area (Å²) in [6.45, 7) is 0. The van der Waals surface area contributed by atoms with Crippen molar-refractivity contribution < 1.29 is 5.11 Å². The Labute approximate surface area is 76.0 Å². The predicted molar refractivity (Wildman–Crippen MR) is 46.8 cm³/mol. The van der Waals surface area contributed by atoms with Crippen LogP contribution in [0.15, 0.2) is 24.3 Å². The van der Waals surface area contributed by atoms with Crippen LogP contribution in [0.25, 0.3) is 0 Å². The topological polar surface area (TPSA) is 44.0 Å². The minimum atomic E-state index is -0.681. The number of aliphatic hydroxyl groups is 1. The van der Waals surface area contributed by atoms with Gasteiger partial charge in [-0.1, -0.05) is 12.1 Å². The number of halogens is 1. The molecule has 1 rings (SSSR count). The molecule has 1 aromatic carbocycles. The molecule has 0 aromatic heterocycles. The number of hydrogen-bond acceptors (Lipinski definition) is 2. The van der Waals surface area contributed by atoms with Gasteiger partial charge in [0.2, 0.25) is 0 Å². The molecule has 0 aliphatic rings. The Hall–Kier alpha value is -1.04. The number of nitriles is 1. The highest BCUT2D eigenvalue weighted by Gasteiger charge is 2.05. The van der Waals surface area contributed by atoms with E-state index in [2.05, 4.69) is 0 Å². The van der Waals surface area contributed by atoms with E-state index < -0.39 is 6.10 Å². The lowest BCUT2D eigenvalue weighted by molar-refractivity contribution is 0.202. The highest BCUT2D eigenvalue weighted by atomic mass is 35.5. The molecule has 0 fully saturated rings. The maximum Gasteiger partial charge on any atom is 0.0991 e. The third-order valence-electron chi connectivity index (χ3n) is 1.55. The van der Waals surface area contributed by atoms with Crippen LogP contribution in [0, 0.1) is 11.3 Å². The van der Waals surface area contributed by atoms with Crippen molar-refractivity contribution in [3.8, 4) is 6.07 Å². The smallest absolute Gasteiger partial charge is 0.0991 e. The fourth-order valence-corrected chi connectivity index (χ4v) is 1.08. The average Bonchev–Trinajstić information content (AvgIpc) is 2.17. The van der Waals surface area contributed by atoms with Crippen molar-refractivity contribution in [1.82, 2.24) is 0 Å². The summed E-state index contributed by atoms with van der Waals surface area (Å²) in [5.41, 5.74) is 1.22. The summed E-state index contributed by atoms with van der Waals surface area (Å²) in [6, 6.07) is 8.78. The normalized spacial score (nSPS) is 12.1. The molecule has 0 spiro atoms. The van der Waals surface area contributed by atoms with E-state index in [4.69, 9.17) is 16.9 Å². The lowest BCUT2D eigenvalue weighted by atomic mass is 10.1. The van der Waals surface area contributed by atoms with Gasteiger partial charge in [-0.05, 0) is 17.7 Å². The largest absolute Gasteiger partial charge is 0.387 e. The molecule has 3 heteroatoms. The standard InChI is InChI=1S/C9H8ClNO/c10-5-9(12)8-3-1-2-7(4-8)6-11/h1-4,9,12H,5H2/t9-/m1/s1. The lowest BCUT2D eigenvalue weighted by Gasteiger charge is -2.05. The highest BCUT2D eigenvalue weighted by molar-refractivity contribution is 6.18. The van der Waals surface area contributed by atoms with Gasteiger partial charge in [-0.2, -0.15) is 5.26 Å². The molecule has 0 heterocycles. The van der Waals surface area contributed by atoms with E-state index in [0.717, 1.165) is 0 Å². The summed E-state index contributed by atoms with van der Waals surface area (Å²) in [7, 11) is 0. The Bertz CT molecular complexity index is 306. The van der Waals surface area contributed by atoms with E-state index in [1.54, 1.807) is 24.3 Å². The SMILES string of the molecule is N#Cc1cccc([C@H](O)CCl)c1. The lowest BCUT2D eigenvalue weighted by Crippen LogP contribution is -1.98. The Kier molecular flexibility index (Phi) is 3.09. The molecular weight excluding hydrogens is 174 g/mol. The van der Waals surface area contributed by atoms with Gasteiger partial charge in [-0.25, -0.2) is 0 Å². The highest BCUT2D eigenvalue weighted by Crippen LogP contribution is 2.14. The van der Waals surface area contributed by atoms with Gasteiger partial charge in [0.1, 0.15) is 0 Å². The second kappa shape index (κ2) is 4.10. The van der Waals surface area contributed by atoms with E-state index in [9.17, 15) is 5.11 Å². The molecule has 0 aliphatic carbocycles. The Morgan fingerprint density at radius 3 is 2.92 bits per heavy atom. The predicted octanol–water partition coefficient (Wildman–Crippen LogP) is 1.83. The number of benzene rings is 1. The molecule has 0 saturated heterocycles. The van der Waals surface area contributed by atoms with E-state index >= 15 is 0 Å². The van der Waals surface area contributed by atoms with Crippen molar-refractivity contribution >= 4 is 11.6 Å². The van der Waals surface area contributed by atoms with Crippen molar-refractivity contribution in [1.29, 1.82) is 5.26 Å². The van der Waals surface area contributed by atoms with Crippen molar-refractivity contribution in [2.24, 2.45) is 0 Å². The van der Waals surface area contributed by atoms with Gasteiger partial charge in [0.15, 0.2) is 0 Å². The third kappa shape index (κ3) is 1.97. The van der Waals surface area contributed by atoms with Gasteiger partial charge < -0.3 is 5.11 Å². The molecule has 1 N–H and O–H groups in total. The molecule has 0 aliphatic heterocycles. The minimum absolute atomic E-state index is 0.148. The Balaban J connectivity index is 2.95. The van der Waals surface area contributed by atoms with Crippen LogP contribution < -0.4 is 0 Å². The van der Waals surface area contributed by atoms with Gasteiger partial charge >= 0.3 is 0 Å². The van der Waals surface area contributed by atoms with Gasteiger partial charge in [0, 0.05) is 0 Å². The Morgan fingerprint density at radius 1 is 1.58 bits per heavy atom. The second-order valence-electron chi connectivity index (χ2n) is 2.41. The summed E-state index contributed by atoms with van der Waals surface area (Å²) in [6.07, 6.45) is -0.681. The summed E-state index contributed by atoms with van der Waals surface area (Å²) in [5, 5.41) is 17.9. The molecule has 0 saturated carbocycles. The first-order valence-corrected chi connectivity index (χ1v) is 4.05. The number of alkyl halides is 1. The van der Waals surface area contributed by atoms with Gasteiger partial charge in [0.05, 0.1) is 23.6 Å².